The summed E-state index contributed by atoms with van der Waals surface area (Å²) in [5, 5.41) is 5.68. The quantitative estimate of drug-likeness (QED) is 0.608. The number of nitrogens with one attached hydrogen (secondary N) is 2. The summed E-state index contributed by atoms with van der Waals surface area (Å²) in [7, 11) is -3.51. The molecule has 0 radical (unpaired) electrons. The second kappa shape index (κ2) is 9.89. The predicted molar refractivity (Wildman–Crippen MR) is 128 cm³/mol. The van der Waals surface area contributed by atoms with Crippen molar-refractivity contribution in [2.75, 3.05) is 18.4 Å². The Morgan fingerprint density at radius 2 is 1.58 bits per heavy atom. The summed E-state index contributed by atoms with van der Waals surface area (Å²) >= 11 is 0. The highest BCUT2D eigenvalue weighted by atomic mass is 32.2. The molecule has 0 bridgehead atoms. The zero-order valence-electron chi connectivity index (χ0n) is 18.7. The number of hydrogen-bond acceptors (Lipinski definition) is 4. The molecule has 2 N–H and O–H groups in total. The molecule has 0 spiro atoms. The normalized spacial score (nSPS) is 17.7. The molecule has 0 atom stereocenters. The monoisotopic (exact) mass is 467 g/mol. The molecule has 7 nitrogen and oxygen atoms in total. The van der Waals surface area contributed by atoms with Gasteiger partial charge in [0, 0.05) is 36.5 Å². The standard InChI is InChI=1S/C25H29N3O4S/c1-18-14-16-28(17-15-18)33(31,32)23-11-9-21(10-12-23)26-24(29)13-4-19-2-5-20(6-3-19)25(30)27-22-7-8-22/h2-6,9-13,18,22H,7-8,14-17H2,1H3,(H,26,29)(H,27,30)/b13-4+. The van der Waals surface area contributed by atoms with Gasteiger partial charge in [-0.05, 0) is 79.6 Å². The van der Waals surface area contributed by atoms with Crippen LogP contribution in [0.1, 0.15) is 48.5 Å². The van der Waals surface area contributed by atoms with Crippen molar-refractivity contribution in [2.45, 2.75) is 43.5 Å². The second-order valence-electron chi connectivity index (χ2n) is 8.80. The van der Waals surface area contributed by atoms with Gasteiger partial charge >= 0.3 is 0 Å². The summed E-state index contributed by atoms with van der Waals surface area (Å²) in [5.74, 6) is 0.143. The SMILES string of the molecule is CC1CCN(S(=O)(=O)c2ccc(NC(=O)/C=C/c3ccc(C(=O)NC4CC4)cc3)cc2)CC1. The Morgan fingerprint density at radius 1 is 0.939 bits per heavy atom. The van der Waals surface area contributed by atoms with Gasteiger partial charge in [0.15, 0.2) is 0 Å². The van der Waals surface area contributed by atoms with Crippen LogP contribution in [0.2, 0.25) is 0 Å². The van der Waals surface area contributed by atoms with Crippen molar-refractivity contribution in [3.8, 4) is 0 Å². The fraction of sp³-hybridized carbons (Fsp3) is 0.360. The molecule has 0 aromatic heterocycles. The maximum absolute atomic E-state index is 12.8. The molecule has 2 aromatic carbocycles. The molecule has 1 aliphatic heterocycles. The van der Waals surface area contributed by atoms with E-state index in [1.165, 1.54) is 22.5 Å². The fourth-order valence-corrected chi connectivity index (χ4v) is 5.15. The minimum Gasteiger partial charge on any atom is -0.349 e. The van der Waals surface area contributed by atoms with E-state index in [1.807, 2.05) is 0 Å². The first-order valence-electron chi connectivity index (χ1n) is 11.3. The third-order valence-electron chi connectivity index (χ3n) is 6.01. The van der Waals surface area contributed by atoms with Crippen molar-refractivity contribution < 1.29 is 18.0 Å². The summed E-state index contributed by atoms with van der Waals surface area (Å²) in [6, 6.07) is 13.6. The molecule has 1 aliphatic carbocycles. The van der Waals surface area contributed by atoms with Crippen molar-refractivity contribution in [1.82, 2.24) is 9.62 Å². The van der Waals surface area contributed by atoms with Gasteiger partial charge in [-0.25, -0.2) is 8.42 Å². The fourth-order valence-electron chi connectivity index (χ4n) is 3.68. The van der Waals surface area contributed by atoms with Gasteiger partial charge in [-0.1, -0.05) is 19.1 Å². The Hall–Kier alpha value is -2.97. The Bertz CT molecular complexity index is 1130. The highest BCUT2D eigenvalue weighted by molar-refractivity contribution is 7.89. The van der Waals surface area contributed by atoms with Gasteiger partial charge in [0.1, 0.15) is 0 Å². The van der Waals surface area contributed by atoms with Gasteiger partial charge in [-0.15, -0.1) is 0 Å². The maximum Gasteiger partial charge on any atom is 0.251 e. The Kier molecular flexibility index (Phi) is 6.95. The van der Waals surface area contributed by atoms with Crippen molar-refractivity contribution in [3.05, 3.63) is 65.7 Å². The predicted octanol–water partition coefficient (Wildman–Crippen LogP) is 3.65. The second-order valence-corrected chi connectivity index (χ2v) is 10.7. The number of carbonyl (C=O) groups excluding carboxylic acids is 2. The van der Waals surface area contributed by atoms with Crippen molar-refractivity contribution in [2.24, 2.45) is 5.92 Å². The summed E-state index contributed by atoms with van der Waals surface area (Å²) < 4.78 is 27.2. The van der Waals surface area contributed by atoms with E-state index in [2.05, 4.69) is 17.6 Å². The molecule has 2 aromatic rings. The first-order chi connectivity index (χ1) is 15.8. The number of hydrogen-bond donors (Lipinski definition) is 2. The number of anilines is 1. The molecule has 33 heavy (non-hydrogen) atoms. The minimum absolute atomic E-state index is 0.0777. The number of rotatable bonds is 7. The molecule has 2 amide bonds. The number of nitrogens with zero attached hydrogens (tertiary/aromatic N) is 1. The molecule has 1 saturated heterocycles. The molecule has 1 saturated carbocycles. The smallest absolute Gasteiger partial charge is 0.251 e. The zero-order valence-corrected chi connectivity index (χ0v) is 19.5. The van der Waals surface area contributed by atoms with E-state index in [0.29, 0.717) is 36.3 Å². The number of amides is 2. The third kappa shape index (κ3) is 6.09. The van der Waals surface area contributed by atoms with Crippen molar-refractivity contribution >= 4 is 33.6 Å². The lowest BCUT2D eigenvalue weighted by Crippen LogP contribution is -2.37. The average molecular weight is 468 g/mol. The van der Waals surface area contributed by atoms with Gasteiger partial charge in [-0.3, -0.25) is 9.59 Å². The first kappa shape index (κ1) is 23.2. The van der Waals surface area contributed by atoms with Crippen molar-refractivity contribution in [3.63, 3.8) is 0 Å². The molecular formula is C25H29N3O4S. The first-order valence-corrected chi connectivity index (χ1v) is 12.8. The van der Waals surface area contributed by atoms with Gasteiger partial charge in [0.05, 0.1) is 4.90 Å². The maximum atomic E-state index is 12.8. The van der Waals surface area contributed by atoms with Crippen LogP contribution in [0.4, 0.5) is 5.69 Å². The van der Waals surface area contributed by atoms with Crippen LogP contribution in [-0.2, 0) is 14.8 Å². The summed E-state index contributed by atoms with van der Waals surface area (Å²) in [5.41, 5.74) is 1.91. The molecule has 2 fully saturated rings. The third-order valence-corrected chi connectivity index (χ3v) is 7.93. The van der Waals surface area contributed by atoms with E-state index in [0.717, 1.165) is 31.2 Å². The number of sulfonamides is 1. The van der Waals surface area contributed by atoms with Crippen LogP contribution in [0.3, 0.4) is 0 Å². The van der Waals surface area contributed by atoms with Crippen LogP contribution in [-0.4, -0.2) is 43.7 Å². The van der Waals surface area contributed by atoms with Crippen LogP contribution >= 0.6 is 0 Å². The number of benzene rings is 2. The van der Waals surface area contributed by atoms with E-state index in [-0.39, 0.29) is 16.7 Å². The largest absolute Gasteiger partial charge is 0.349 e. The lowest BCUT2D eigenvalue weighted by Gasteiger charge is -2.29. The van der Waals surface area contributed by atoms with Gasteiger partial charge in [-0.2, -0.15) is 4.31 Å². The molecular weight excluding hydrogens is 438 g/mol. The number of piperidine rings is 1. The van der Waals surface area contributed by atoms with E-state index in [4.69, 9.17) is 0 Å². The van der Waals surface area contributed by atoms with Crippen LogP contribution < -0.4 is 10.6 Å². The molecule has 174 valence electrons. The number of carbonyl (C=O) groups is 2. The van der Waals surface area contributed by atoms with E-state index in [1.54, 1.807) is 42.5 Å². The van der Waals surface area contributed by atoms with Gasteiger partial charge in [0.25, 0.3) is 5.91 Å². The summed E-state index contributed by atoms with van der Waals surface area (Å²) in [6.07, 6.45) is 6.88. The lowest BCUT2D eigenvalue weighted by molar-refractivity contribution is -0.111. The van der Waals surface area contributed by atoms with Crippen LogP contribution in [0, 0.1) is 5.92 Å². The molecule has 4 rings (SSSR count). The Balaban J connectivity index is 1.32. The lowest BCUT2D eigenvalue weighted by atomic mass is 10.0. The molecule has 1 heterocycles. The van der Waals surface area contributed by atoms with E-state index < -0.39 is 10.0 Å². The van der Waals surface area contributed by atoms with Crippen LogP contribution in [0.15, 0.2) is 59.5 Å². The highest BCUT2D eigenvalue weighted by Crippen LogP contribution is 2.24. The van der Waals surface area contributed by atoms with Crippen LogP contribution in [0.25, 0.3) is 6.08 Å². The Morgan fingerprint density at radius 3 is 2.18 bits per heavy atom. The summed E-state index contributed by atoms with van der Waals surface area (Å²) in [6.45, 7) is 3.22. The van der Waals surface area contributed by atoms with E-state index in [9.17, 15) is 18.0 Å². The summed E-state index contributed by atoms with van der Waals surface area (Å²) in [4.78, 5) is 24.5. The Labute approximate surface area is 194 Å². The van der Waals surface area contributed by atoms with E-state index >= 15 is 0 Å². The zero-order chi connectivity index (χ0) is 23.4. The molecule has 0 unspecified atom stereocenters. The van der Waals surface area contributed by atoms with Gasteiger partial charge in [0.2, 0.25) is 15.9 Å². The molecule has 2 aliphatic rings. The van der Waals surface area contributed by atoms with Gasteiger partial charge < -0.3 is 10.6 Å². The molecule has 8 heteroatoms. The topological polar surface area (TPSA) is 95.6 Å². The average Bonchev–Trinajstić information content (AvgIpc) is 3.63. The highest BCUT2D eigenvalue weighted by Gasteiger charge is 2.28. The van der Waals surface area contributed by atoms with Crippen molar-refractivity contribution in [1.29, 1.82) is 0 Å². The van der Waals surface area contributed by atoms with Crippen LogP contribution in [0.5, 0.6) is 0 Å². The minimum atomic E-state index is -3.51.